The number of amides is 1. The molecule has 4 nitrogen and oxygen atoms in total. The molecule has 1 saturated heterocycles. The van der Waals surface area contributed by atoms with Crippen LogP contribution in [0.5, 0.6) is 0 Å². The summed E-state index contributed by atoms with van der Waals surface area (Å²) >= 11 is 11.6. The zero-order chi connectivity index (χ0) is 17.9. The predicted octanol–water partition coefficient (Wildman–Crippen LogP) is 3.39. The van der Waals surface area contributed by atoms with Gasteiger partial charge in [0.2, 0.25) is 5.91 Å². The van der Waals surface area contributed by atoms with E-state index in [-0.39, 0.29) is 39.1 Å². The molecular weight excluding hydrogens is 359 g/mol. The van der Waals surface area contributed by atoms with Crippen molar-refractivity contribution in [2.24, 2.45) is 23.2 Å². The van der Waals surface area contributed by atoms with E-state index in [2.05, 4.69) is 13.8 Å². The van der Waals surface area contributed by atoms with Gasteiger partial charge in [-0.05, 0) is 35.8 Å². The number of nitrogens with zero attached hydrogens (tertiary/aromatic N) is 2. The number of carbonyl (C=O) groups excluding carboxylic acids is 1. The summed E-state index contributed by atoms with van der Waals surface area (Å²) in [6.07, 6.45) is 2.85. The fraction of sp³-hybridized carbons (Fsp3) is 0.579. The highest BCUT2D eigenvalue weighted by atomic mass is 35.5. The number of hydrogen-bond acceptors (Lipinski definition) is 2. The maximum absolute atomic E-state index is 13.1. The number of fused-ring (bicyclic) bond motifs is 4. The van der Waals surface area contributed by atoms with Gasteiger partial charge in [-0.15, -0.1) is 0 Å². The first-order valence-corrected chi connectivity index (χ1v) is 9.56. The van der Waals surface area contributed by atoms with E-state index in [1.165, 1.54) is 0 Å². The monoisotopic (exact) mass is 380 g/mol. The third kappa shape index (κ3) is 2.83. The van der Waals surface area contributed by atoms with Crippen molar-refractivity contribution in [3.05, 3.63) is 44.8 Å². The van der Waals surface area contributed by atoms with Crippen LogP contribution in [0.3, 0.4) is 0 Å². The van der Waals surface area contributed by atoms with Crippen molar-refractivity contribution in [1.82, 2.24) is 9.47 Å². The lowest BCUT2D eigenvalue weighted by molar-refractivity contribution is -0.136. The van der Waals surface area contributed by atoms with E-state index in [9.17, 15) is 9.59 Å². The van der Waals surface area contributed by atoms with E-state index in [1.54, 1.807) is 12.1 Å². The van der Waals surface area contributed by atoms with Gasteiger partial charge in [0.1, 0.15) is 4.49 Å². The van der Waals surface area contributed by atoms with E-state index < -0.39 is 0 Å². The van der Waals surface area contributed by atoms with Crippen LogP contribution in [0.25, 0.3) is 0 Å². The highest BCUT2D eigenvalue weighted by Crippen LogP contribution is 2.60. The molecule has 25 heavy (non-hydrogen) atoms. The molecule has 2 bridgehead atoms. The normalized spacial score (nSPS) is 31.9. The summed E-state index contributed by atoms with van der Waals surface area (Å²) in [4.78, 5) is 27.2. The first-order valence-electron chi connectivity index (χ1n) is 8.80. The molecule has 0 aromatic carbocycles. The van der Waals surface area contributed by atoms with E-state index >= 15 is 0 Å². The van der Waals surface area contributed by atoms with Crippen molar-refractivity contribution < 1.29 is 4.79 Å². The molecular formula is C19H22Cl2N2O2. The van der Waals surface area contributed by atoms with Crippen LogP contribution in [-0.2, 0) is 11.3 Å². The van der Waals surface area contributed by atoms with Crippen LogP contribution in [0.15, 0.2) is 33.6 Å². The second kappa shape index (κ2) is 5.88. The molecule has 6 heteroatoms. The molecule has 0 spiro atoms. The Hall–Kier alpha value is -1.26. The lowest BCUT2D eigenvalue weighted by atomic mass is 9.83. The van der Waals surface area contributed by atoms with Crippen LogP contribution in [0.1, 0.15) is 31.9 Å². The van der Waals surface area contributed by atoms with E-state index in [1.807, 2.05) is 21.6 Å². The average Bonchev–Trinajstić information content (AvgIpc) is 3.07. The van der Waals surface area contributed by atoms with Gasteiger partial charge in [-0.1, -0.05) is 43.1 Å². The van der Waals surface area contributed by atoms with Gasteiger partial charge in [-0.3, -0.25) is 9.59 Å². The molecule has 2 aliphatic heterocycles. The largest absolute Gasteiger partial charge is 0.341 e. The summed E-state index contributed by atoms with van der Waals surface area (Å²) in [5.74, 6) is 0.835. The lowest BCUT2D eigenvalue weighted by Crippen LogP contribution is -2.49. The van der Waals surface area contributed by atoms with Crippen molar-refractivity contribution in [2.75, 3.05) is 13.1 Å². The molecule has 0 unspecified atom stereocenters. The van der Waals surface area contributed by atoms with Gasteiger partial charge in [0.05, 0.1) is 5.92 Å². The molecule has 3 heterocycles. The number of aromatic nitrogens is 1. The first kappa shape index (κ1) is 17.2. The minimum Gasteiger partial charge on any atom is -0.341 e. The number of pyridine rings is 1. The van der Waals surface area contributed by atoms with Crippen LogP contribution >= 0.6 is 23.2 Å². The van der Waals surface area contributed by atoms with Gasteiger partial charge in [0.25, 0.3) is 5.56 Å². The number of hydrogen-bond donors (Lipinski definition) is 0. The van der Waals surface area contributed by atoms with Gasteiger partial charge < -0.3 is 9.47 Å². The third-order valence-electron chi connectivity index (χ3n) is 6.27. The van der Waals surface area contributed by atoms with Gasteiger partial charge in [0, 0.05) is 37.3 Å². The van der Waals surface area contributed by atoms with Gasteiger partial charge in [0.15, 0.2) is 0 Å². The lowest BCUT2D eigenvalue weighted by Gasteiger charge is -2.43. The number of likely N-dealkylation sites (tertiary alicyclic amines) is 1. The second-order valence-corrected chi connectivity index (χ2v) is 9.23. The van der Waals surface area contributed by atoms with Crippen LogP contribution in [-0.4, -0.2) is 28.5 Å². The Morgan fingerprint density at radius 3 is 2.72 bits per heavy atom. The quantitative estimate of drug-likeness (QED) is 0.788. The number of piperidine rings is 1. The Kier molecular flexibility index (Phi) is 4.04. The number of carbonyl (C=O) groups is 1. The van der Waals surface area contributed by atoms with Crippen molar-refractivity contribution in [1.29, 1.82) is 0 Å². The standard InChI is InChI=1S/C19H22Cl2N2O2/c1-19(2)13(7-15(20)21)17(19)18(25)22-8-11-6-12(10-22)14-4-3-5-16(24)23(14)9-11/h3-5,7,11-13,17H,6,8-10H2,1-2H3/t11-,12-,13+,17+/m1/s1. The van der Waals surface area contributed by atoms with Gasteiger partial charge in [-0.2, -0.15) is 0 Å². The molecule has 2 fully saturated rings. The van der Waals surface area contributed by atoms with Crippen LogP contribution < -0.4 is 5.56 Å². The second-order valence-electron chi connectivity index (χ2n) is 8.22. The van der Waals surface area contributed by atoms with Crippen LogP contribution in [0, 0.1) is 23.2 Å². The highest BCUT2D eigenvalue weighted by Gasteiger charge is 2.61. The molecule has 1 aromatic rings. The molecule has 4 atom stereocenters. The molecule has 1 amide bonds. The van der Waals surface area contributed by atoms with Crippen LogP contribution in [0.4, 0.5) is 0 Å². The topological polar surface area (TPSA) is 42.3 Å². The SMILES string of the molecule is CC1(C)[C@H](C(=O)N2C[C@H]3C[C@H](C2)c2cccc(=O)n2C3)[C@@H]1C=C(Cl)Cl. The minimum atomic E-state index is -0.104. The zero-order valence-electron chi connectivity index (χ0n) is 14.4. The van der Waals surface area contributed by atoms with Gasteiger partial charge >= 0.3 is 0 Å². The van der Waals surface area contributed by atoms with Crippen molar-refractivity contribution in [2.45, 2.75) is 32.7 Å². The maximum Gasteiger partial charge on any atom is 0.250 e. The Bertz CT molecular complexity index is 810. The van der Waals surface area contributed by atoms with Crippen molar-refractivity contribution in [3.63, 3.8) is 0 Å². The zero-order valence-corrected chi connectivity index (χ0v) is 15.9. The molecule has 4 rings (SSSR count). The van der Waals surface area contributed by atoms with E-state index in [4.69, 9.17) is 23.2 Å². The summed E-state index contributed by atoms with van der Waals surface area (Å²) in [7, 11) is 0. The molecule has 1 aromatic heterocycles. The summed E-state index contributed by atoms with van der Waals surface area (Å²) in [6.45, 7) is 6.31. The molecule has 134 valence electrons. The molecule has 0 radical (unpaired) electrons. The Labute approximate surface area is 157 Å². The Balaban J connectivity index is 1.56. The average molecular weight is 381 g/mol. The fourth-order valence-corrected chi connectivity index (χ4v) is 5.14. The summed E-state index contributed by atoms with van der Waals surface area (Å²) in [6, 6.07) is 5.46. The molecule has 1 aliphatic carbocycles. The van der Waals surface area contributed by atoms with Gasteiger partial charge in [-0.25, -0.2) is 0 Å². The predicted molar refractivity (Wildman–Crippen MR) is 98.7 cm³/mol. The molecule has 3 aliphatic rings. The molecule has 1 saturated carbocycles. The number of allylic oxidation sites excluding steroid dienone is 1. The third-order valence-corrected chi connectivity index (χ3v) is 6.53. The first-order chi connectivity index (χ1) is 11.8. The fourth-order valence-electron chi connectivity index (χ4n) is 4.87. The van der Waals surface area contributed by atoms with Crippen molar-refractivity contribution >= 4 is 29.1 Å². The van der Waals surface area contributed by atoms with Crippen molar-refractivity contribution in [3.8, 4) is 0 Å². The molecule has 0 N–H and O–H groups in total. The summed E-state index contributed by atoms with van der Waals surface area (Å²) in [5.41, 5.74) is 1.03. The minimum absolute atomic E-state index is 0.0585. The Morgan fingerprint density at radius 2 is 2.00 bits per heavy atom. The number of rotatable bonds is 2. The van der Waals surface area contributed by atoms with Crippen LogP contribution in [0.2, 0.25) is 0 Å². The maximum atomic E-state index is 13.1. The Morgan fingerprint density at radius 1 is 1.24 bits per heavy atom. The summed E-state index contributed by atoms with van der Waals surface area (Å²) in [5, 5.41) is 0. The van der Waals surface area contributed by atoms with E-state index in [0.717, 1.165) is 18.7 Å². The highest BCUT2D eigenvalue weighted by molar-refractivity contribution is 6.55. The summed E-state index contributed by atoms with van der Waals surface area (Å²) < 4.78 is 2.12. The smallest absolute Gasteiger partial charge is 0.250 e. The van der Waals surface area contributed by atoms with E-state index in [0.29, 0.717) is 19.0 Å². The number of halogens is 2.